The maximum absolute atomic E-state index is 11.6. The van der Waals surface area contributed by atoms with Crippen LogP contribution in [-0.2, 0) is 23.7 Å². The largest absolute Gasteiger partial charge is 0.461 e. The van der Waals surface area contributed by atoms with E-state index >= 15 is 0 Å². The first-order valence-electron chi connectivity index (χ1n) is 12.4. The Morgan fingerprint density at radius 1 is 1.02 bits per heavy atom. The summed E-state index contributed by atoms with van der Waals surface area (Å²) in [6.07, 6.45) is 4.75. The van der Waals surface area contributed by atoms with Crippen LogP contribution in [-0.4, -0.2) is 75.8 Å². The molecule has 0 aromatic carbocycles. The van der Waals surface area contributed by atoms with Gasteiger partial charge in [0, 0.05) is 0 Å². The number of hydrogen-bond acceptors (Lipinski definition) is 9. The molecule has 0 fully saturated rings. The molecule has 224 valence electrons. The van der Waals surface area contributed by atoms with Crippen LogP contribution in [0.25, 0.3) is 5.53 Å². The SMILES string of the molecule is C#C[C@@H](C)NC(=O)OC(C)(C)C.CCOC(=O)C=[N+]=[N-].CCOC(=O)c1cc([C@@H](C)NC(=O)OC(C)(C)C)[nH]n1. The third kappa shape index (κ3) is 20.7. The van der Waals surface area contributed by atoms with Crippen molar-refractivity contribution in [3.8, 4) is 12.3 Å². The molecule has 0 aliphatic carbocycles. The van der Waals surface area contributed by atoms with Gasteiger partial charge >= 0.3 is 30.3 Å². The number of H-pyrrole nitrogens is 1. The van der Waals surface area contributed by atoms with Crippen molar-refractivity contribution < 1.29 is 42.9 Å². The molecule has 0 saturated carbocycles. The van der Waals surface area contributed by atoms with Gasteiger partial charge in [0.2, 0.25) is 0 Å². The van der Waals surface area contributed by atoms with Crippen LogP contribution in [0.3, 0.4) is 0 Å². The molecule has 1 heterocycles. The van der Waals surface area contributed by atoms with E-state index in [-0.39, 0.29) is 24.4 Å². The summed E-state index contributed by atoms with van der Waals surface area (Å²) in [6, 6.07) is 0.889. The molecule has 0 spiro atoms. The second kappa shape index (κ2) is 18.8. The molecule has 0 saturated heterocycles. The van der Waals surface area contributed by atoms with Gasteiger partial charge in [-0.05, 0) is 75.3 Å². The van der Waals surface area contributed by atoms with E-state index in [0.717, 1.165) is 0 Å². The fourth-order valence-corrected chi connectivity index (χ4v) is 2.18. The van der Waals surface area contributed by atoms with Crippen molar-refractivity contribution in [3.63, 3.8) is 0 Å². The van der Waals surface area contributed by atoms with Crippen LogP contribution < -0.4 is 10.6 Å². The second-order valence-corrected chi connectivity index (χ2v) is 9.83. The summed E-state index contributed by atoms with van der Waals surface area (Å²) < 4.78 is 19.3. The Morgan fingerprint density at radius 2 is 1.52 bits per heavy atom. The van der Waals surface area contributed by atoms with Crippen molar-refractivity contribution in [1.82, 2.24) is 20.8 Å². The molecular formula is C26H42N6O8. The van der Waals surface area contributed by atoms with Crippen molar-refractivity contribution in [1.29, 1.82) is 0 Å². The highest BCUT2D eigenvalue weighted by Crippen LogP contribution is 2.13. The molecule has 2 atom stereocenters. The van der Waals surface area contributed by atoms with E-state index in [0.29, 0.717) is 18.5 Å². The van der Waals surface area contributed by atoms with Crippen LogP contribution in [0.2, 0.25) is 0 Å². The summed E-state index contributed by atoms with van der Waals surface area (Å²) in [5.41, 5.74) is 7.47. The first kappa shape index (κ1) is 37.8. The molecule has 0 aliphatic rings. The predicted molar refractivity (Wildman–Crippen MR) is 146 cm³/mol. The van der Waals surface area contributed by atoms with Crippen molar-refractivity contribution >= 4 is 30.3 Å². The van der Waals surface area contributed by atoms with Gasteiger partial charge in [0.15, 0.2) is 5.69 Å². The van der Waals surface area contributed by atoms with Crippen molar-refractivity contribution in [2.24, 2.45) is 0 Å². The Hall–Kier alpha value is -4.37. The number of amides is 2. The van der Waals surface area contributed by atoms with Gasteiger partial charge < -0.3 is 35.1 Å². The number of aromatic amines is 1. The van der Waals surface area contributed by atoms with Gasteiger partial charge in [-0.25, -0.2) is 19.2 Å². The Kier molecular flexibility index (Phi) is 17.8. The minimum Gasteiger partial charge on any atom is -0.461 e. The van der Waals surface area contributed by atoms with E-state index in [1.54, 1.807) is 75.3 Å². The van der Waals surface area contributed by atoms with Gasteiger partial charge in [-0.1, -0.05) is 5.92 Å². The van der Waals surface area contributed by atoms with Gasteiger partial charge in [0.25, 0.3) is 0 Å². The second-order valence-electron chi connectivity index (χ2n) is 9.83. The summed E-state index contributed by atoms with van der Waals surface area (Å²) >= 11 is 0. The minimum atomic E-state index is -0.630. The van der Waals surface area contributed by atoms with Gasteiger partial charge in [-0.15, -0.1) is 6.42 Å². The van der Waals surface area contributed by atoms with E-state index in [2.05, 4.69) is 36.3 Å². The highest BCUT2D eigenvalue weighted by molar-refractivity contribution is 6.20. The Balaban J connectivity index is 0. The minimum absolute atomic E-state index is 0.180. The lowest BCUT2D eigenvalue weighted by atomic mass is 10.2. The van der Waals surface area contributed by atoms with Crippen LogP contribution >= 0.6 is 0 Å². The molecule has 1 aromatic rings. The van der Waals surface area contributed by atoms with Gasteiger partial charge in [-0.3, -0.25) is 5.10 Å². The number of terminal acetylenes is 1. The highest BCUT2D eigenvalue weighted by atomic mass is 16.6. The fourth-order valence-electron chi connectivity index (χ4n) is 2.18. The molecule has 1 aromatic heterocycles. The molecule has 0 unspecified atom stereocenters. The number of alkyl carbamates (subject to hydrolysis) is 2. The Labute approximate surface area is 235 Å². The Bertz CT molecular complexity index is 1040. The van der Waals surface area contributed by atoms with Gasteiger partial charge in [0.1, 0.15) is 11.2 Å². The fraction of sp³-hybridized carbons (Fsp3) is 0.615. The maximum Gasteiger partial charge on any atom is 0.413 e. The lowest BCUT2D eigenvalue weighted by Gasteiger charge is -2.21. The first-order valence-corrected chi connectivity index (χ1v) is 12.4. The maximum atomic E-state index is 11.6. The van der Waals surface area contributed by atoms with Crippen LogP contribution in [0.4, 0.5) is 9.59 Å². The normalized spacial score (nSPS) is 11.6. The average Bonchev–Trinajstić information content (AvgIpc) is 3.28. The van der Waals surface area contributed by atoms with E-state index in [4.69, 9.17) is 26.2 Å². The van der Waals surface area contributed by atoms with Gasteiger partial charge in [0.05, 0.1) is 31.0 Å². The van der Waals surface area contributed by atoms with Crippen molar-refractivity contribution in [3.05, 3.63) is 23.0 Å². The van der Waals surface area contributed by atoms with Crippen molar-refractivity contribution in [2.75, 3.05) is 13.2 Å². The van der Waals surface area contributed by atoms with Crippen LogP contribution in [0.5, 0.6) is 0 Å². The molecule has 0 radical (unpaired) electrons. The third-order valence-corrected chi connectivity index (χ3v) is 3.71. The number of carbonyl (C=O) groups excluding carboxylic acids is 4. The molecule has 0 bridgehead atoms. The topological polar surface area (TPSA) is 194 Å². The third-order valence-electron chi connectivity index (χ3n) is 3.71. The number of aromatic nitrogens is 2. The molecule has 14 nitrogen and oxygen atoms in total. The van der Waals surface area contributed by atoms with E-state index in [1.807, 2.05) is 0 Å². The lowest BCUT2D eigenvalue weighted by Crippen LogP contribution is -2.36. The average molecular weight is 567 g/mol. The zero-order chi connectivity index (χ0) is 31.5. The predicted octanol–water partition coefficient (Wildman–Crippen LogP) is 3.56. The summed E-state index contributed by atoms with van der Waals surface area (Å²) in [4.78, 5) is 46.7. The number of nitrogens with one attached hydrogen (secondary N) is 3. The number of nitrogens with zero attached hydrogens (tertiary/aromatic N) is 3. The van der Waals surface area contributed by atoms with E-state index < -0.39 is 35.3 Å². The zero-order valence-electron chi connectivity index (χ0n) is 24.9. The smallest absolute Gasteiger partial charge is 0.413 e. The molecule has 14 heteroatoms. The summed E-state index contributed by atoms with van der Waals surface area (Å²) in [7, 11) is 0. The monoisotopic (exact) mass is 566 g/mol. The summed E-state index contributed by atoms with van der Waals surface area (Å²) in [6.45, 7) is 18.2. The molecular weight excluding hydrogens is 524 g/mol. The number of carbonyl (C=O) groups is 4. The van der Waals surface area contributed by atoms with Crippen LogP contribution in [0, 0.1) is 12.3 Å². The van der Waals surface area contributed by atoms with Crippen LogP contribution in [0.1, 0.15) is 91.5 Å². The lowest BCUT2D eigenvalue weighted by molar-refractivity contribution is -0.138. The molecule has 2 amide bonds. The first-order chi connectivity index (χ1) is 18.4. The molecule has 1 rings (SSSR count). The highest BCUT2D eigenvalue weighted by Gasteiger charge is 2.20. The van der Waals surface area contributed by atoms with E-state index in [1.165, 1.54) is 0 Å². The number of rotatable bonds is 7. The van der Waals surface area contributed by atoms with Crippen LogP contribution in [0.15, 0.2) is 6.07 Å². The number of ether oxygens (including phenoxy) is 4. The summed E-state index contributed by atoms with van der Waals surface area (Å²) in [5.74, 6) is 1.24. The standard InChI is InChI=1S/C13H21N3O4.C9H15NO2.C4H6N2O2/c1-6-19-11(17)10-7-9(15-16-10)8(2)14-12(18)20-13(3,4)5;1-6-7(2)10-8(11)12-9(3,4)5;1-2-8-4(7)3-6-5/h7-8H,6H2,1-5H3,(H,14,18)(H,15,16);1,7H,2-5H3,(H,10,11);3H,2H2,1H3/t8-;7-;/m11./s1. The Morgan fingerprint density at radius 3 is 1.95 bits per heavy atom. The van der Waals surface area contributed by atoms with Crippen molar-refractivity contribution in [2.45, 2.75) is 92.5 Å². The van der Waals surface area contributed by atoms with E-state index in [9.17, 15) is 19.2 Å². The molecule has 0 aliphatic heterocycles. The molecule has 3 N–H and O–H groups in total. The zero-order valence-corrected chi connectivity index (χ0v) is 24.9. The van der Waals surface area contributed by atoms with Gasteiger partial charge in [-0.2, -0.15) is 9.89 Å². The number of hydrogen-bond donors (Lipinski definition) is 3. The summed E-state index contributed by atoms with van der Waals surface area (Å²) in [5, 5.41) is 11.7. The quantitative estimate of drug-likeness (QED) is 0.110. The molecule has 40 heavy (non-hydrogen) atoms. The number of esters is 2.